The highest BCUT2D eigenvalue weighted by Gasteiger charge is 2.29. The van der Waals surface area contributed by atoms with E-state index in [1.165, 1.54) is 0 Å². The second kappa shape index (κ2) is 6.90. The van der Waals surface area contributed by atoms with Crippen molar-refractivity contribution in [2.24, 2.45) is 0 Å². The summed E-state index contributed by atoms with van der Waals surface area (Å²) in [5.74, 6) is 0.354. The molecule has 7 nitrogen and oxygen atoms in total. The van der Waals surface area contributed by atoms with E-state index in [1.807, 2.05) is 20.8 Å². The van der Waals surface area contributed by atoms with E-state index < -0.39 is 23.5 Å². The molecule has 0 unspecified atom stereocenters. The number of pyridine rings is 1. The van der Waals surface area contributed by atoms with Crippen LogP contribution >= 0.6 is 0 Å². The second-order valence-corrected chi connectivity index (χ2v) is 7.95. The van der Waals surface area contributed by atoms with Crippen LogP contribution in [0.15, 0.2) is 12.3 Å². The third-order valence-electron chi connectivity index (χ3n) is 3.30. The van der Waals surface area contributed by atoms with E-state index in [1.54, 1.807) is 37.9 Å². The number of fused-ring (bicyclic) bond motifs is 1. The normalized spacial score (nSPS) is 14.6. The SMILES string of the molecule is CC(C)(C)OC(=O)Oc1ccnc2c1CN(C(=O)OC(C)(C)C)CC2. The summed E-state index contributed by atoms with van der Waals surface area (Å²) in [6.07, 6.45) is 0.974. The van der Waals surface area contributed by atoms with Crippen LogP contribution in [0.25, 0.3) is 0 Å². The maximum absolute atomic E-state index is 12.3. The summed E-state index contributed by atoms with van der Waals surface area (Å²) in [5, 5.41) is 0. The van der Waals surface area contributed by atoms with E-state index in [0.29, 0.717) is 24.3 Å². The Labute approximate surface area is 148 Å². The van der Waals surface area contributed by atoms with Crippen LogP contribution in [0.1, 0.15) is 52.8 Å². The molecule has 1 amide bonds. The predicted molar refractivity (Wildman–Crippen MR) is 91.4 cm³/mol. The first-order chi connectivity index (χ1) is 11.4. The van der Waals surface area contributed by atoms with Crippen molar-refractivity contribution < 1.29 is 23.8 Å². The molecule has 138 valence electrons. The van der Waals surface area contributed by atoms with Gasteiger partial charge in [0.1, 0.15) is 17.0 Å². The van der Waals surface area contributed by atoms with Crippen molar-refractivity contribution in [3.05, 3.63) is 23.5 Å². The van der Waals surface area contributed by atoms with Gasteiger partial charge in [0.2, 0.25) is 0 Å². The number of hydrogen-bond donors (Lipinski definition) is 0. The van der Waals surface area contributed by atoms with Crippen LogP contribution in [0.3, 0.4) is 0 Å². The van der Waals surface area contributed by atoms with Crippen LogP contribution in [0, 0.1) is 0 Å². The molecule has 0 aromatic carbocycles. The number of aromatic nitrogens is 1. The summed E-state index contributed by atoms with van der Waals surface area (Å²) in [7, 11) is 0. The number of carbonyl (C=O) groups excluding carboxylic acids is 2. The molecule has 2 heterocycles. The van der Waals surface area contributed by atoms with Crippen molar-refractivity contribution in [3.63, 3.8) is 0 Å². The first kappa shape index (κ1) is 19.0. The molecule has 2 rings (SSSR count). The first-order valence-corrected chi connectivity index (χ1v) is 8.30. The number of nitrogens with zero attached hydrogens (tertiary/aromatic N) is 2. The minimum Gasteiger partial charge on any atom is -0.444 e. The van der Waals surface area contributed by atoms with Gasteiger partial charge in [-0.25, -0.2) is 9.59 Å². The lowest BCUT2D eigenvalue weighted by atomic mass is 10.1. The van der Waals surface area contributed by atoms with Crippen LogP contribution in [-0.4, -0.2) is 39.9 Å². The molecule has 1 aromatic heterocycles. The zero-order valence-corrected chi connectivity index (χ0v) is 15.7. The lowest BCUT2D eigenvalue weighted by Crippen LogP contribution is -2.40. The van der Waals surface area contributed by atoms with Crippen LogP contribution < -0.4 is 4.74 Å². The first-order valence-electron chi connectivity index (χ1n) is 8.30. The van der Waals surface area contributed by atoms with E-state index in [9.17, 15) is 9.59 Å². The maximum Gasteiger partial charge on any atom is 0.514 e. The van der Waals surface area contributed by atoms with E-state index >= 15 is 0 Å². The molecule has 7 heteroatoms. The Morgan fingerprint density at radius 2 is 1.72 bits per heavy atom. The van der Waals surface area contributed by atoms with E-state index in [4.69, 9.17) is 14.2 Å². The zero-order chi connectivity index (χ0) is 18.8. The van der Waals surface area contributed by atoms with Gasteiger partial charge in [-0.15, -0.1) is 0 Å². The molecular formula is C18H26N2O5. The molecule has 0 saturated heterocycles. The van der Waals surface area contributed by atoms with Gasteiger partial charge in [0.05, 0.1) is 12.2 Å². The minimum absolute atomic E-state index is 0.274. The fraction of sp³-hybridized carbons (Fsp3) is 0.611. The van der Waals surface area contributed by atoms with E-state index in [-0.39, 0.29) is 6.54 Å². The van der Waals surface area contributed by atoms with Gasteiger partial charge >= 0.3 is 12.2 Å². The molecule has 0 bridgehead atoms. The number of rotatable bonds is 1. The third kappa shape index (κ3) is 5.62. The van der Waals surface area contributed by atoms with E-state index in [0.717, 1.165) is 5.69 Å². The fourth-order valence-electron chi connectivity index (χ4n) is 2.35. The van der Waals surface area contributed by atoms with Crippen LogP contribution in [0.5, 0.6) is 5.75 Å². The van der Waals surface area contributed by atoms with Crippen LogP contribution in [0.4, 0.5) is 9.59 Å². The summed E-state index contributed by atoms with van der Waals surface area (Å²) in [6.45, 7) is 11.5. The molecular weight excluding hydrogens is 324 g/mol. The largest absolute Gasteiger partial charge is 0.514 e. The summed E-state index contributed by atoms with van der Waals surface area (Å²) in [6, 6.07) is 1.60. The Balaban J connectivity index is 2.15. The molecule has 0 N–H and O–H groups in total. The number of carbonyl (C=O) groups is 2. The molecule has 0 aliphatic carbocycles. The second-order valence-electron chi connectivity index (χ2n) is 7.95. The number of hydrogen-bond acceptors (Lipinski definition) is 6. The van der Waals surface area contributed by atoms with Crippen molar-refractivity contribution in [1.82, 2.24) is 9.88 Å². The summed E-state index contributed by atoms with van der Waals surface area (Å²) < 4.78 is 15.9. The summed E-state index contributed by atoms with van der Waals surface area (Å²) in [4.78, 5) is 30.1. The van der Waals surface area contributed by atoms with Gasteiger partial charge in [0.15, 0.2) is 0 Å². The monoisotopic (exact) mass is 350 g/mol. The lowest BCUT2D eigenvalue weighted by molar-refractivity contribution is 0.0191. The molecule has 0 saturated carbocycles. The molecule has 1 aromatic rings. The minimum atomic E-state index is -0.782. The van der Waals surface area contributed by atoms with Gasteiger partial charge in [0, 0.05) is 24.7 Å². The molecule has 1 aliphatic heterocycles. The standard InChI is InChI=1S/C18H26N2O5/c1-17(2,3)24-15(21)20-10-8-13-12(11-20)14(7-9-19-13)23-16(22)25-18(4,5)6/h7,9H,8,10-11H2,1-6H3. The summed E-state index contributed by atoms with van der Waals surface area (Å²) >= 11 is 0. The van der Waals surface area contributed by atoms with Crippen molar-refractivity contribution in [2.75, 3.05) is 6.54 Å². The predicted octanol–water partition coefficient (Wildman–Crippen LogP) is 3.69. The van der Waals surface area contributed by atoms with Gasteiger partial charge in [0.25, 0.3) is 0 Å². The Morgan fingerprint density at radius 3 is 2.32 bits per heavy atom. The Hall–Kier alpha value is -2.31. The Bertz CT molecular complexity index is 658. The average molecular weight is 350 g/mol. The van der Waals surface area contributed by atoms with E-state index in [2.05, 4.69) is 4.98 Å². The Morgan fingerprint density at radius 1 is 1.08 bits per heavy atom. The van der Waals surface area contributed by atoms with Crippen molar-refractivity contribution >= 4 is 12.2 Å². The smallest absolute Gasteiger partial charge is 0.444 e. The highest BCUT2D eigenvalue weighted by Crippen LogP contribution is 2.28. The zero-order valence-electron chi connectivity index (χ0n) is 15.7. The van der Waals surface area contributed by atoms with Crippen molar-refractivity contribution in [1.29, 1.82) is 0 Å². The van der Waals surface area contributed by atoms with Crippen molar-refractivity contribution in [2.45, 2.75) is 65.7 Å². The van der Waals surface area contributed by atoms with Crippen LogP contribution in [0.2, 0.25) is 0 Å². The fourth-order valence-corrected chi connectivity index (χ4v) is 2.35. The molecule has 0 fully saturated rings. The number of ether oxygens (including phenoxy) is 3. The molecule has 0 atom stereocenters. The highest BCUT2D eigenvalue weighted by atomic mass is 16.7. The third-order valence-corrected chi connectivity index (χ3v) is 3.30. The molecule has 0 spiro atoms. The van der Waals surface area contributed by atoms with Gasteiger partial charge in [-0.2, -0.15) is 0 Å². The van der Waals surface area contributed by atoms with Gasteiger partial charge in [-0.3, -0.25) is 4.98 Å². The highest BCUT2D eigenvalue weighted by molar-refractivity contribution is 5.69. The molecule has 0 radical (unpaired) electrons. The number of amides is 1. The van der Waals surface area contributed by atoms with Crippen LogP contribution in [-0.2, 0) is 22.4 Å². The Kier molecular flexibility index (Phi) is 5.25. The maximum atomic E-state index is 12.3. The quantitative estimate of drug-likeness (QED) is 0.719. The van der Waals surface area contributed by atoms with Gasteiger partial charge in [-0.05, 0) is 47.6 Å². The average Bonchev–Trinajstić information content (AvgIpc) is 2.43. The summed E-state index contributed by atoms with van der Waals surface area (Å²) in [5.41, 5.74) is 0.292. The molecule has 25 heavy (non-hydrogen) atoms. The molecule has 1 aliphatic rings. The lowest BCUT2D eigenvalue weighted by Gasteiger charge is -2.31. The topological polar surface area (TPSA) is 78.0 Å². The van der Waals surface area contributed by atoms with Gasteiger partial charge in [-0.1, -0.05) is 0 Å². The van der Waals surface area contributed by atoms with Crippen molar-refractivity contribution in [3.8, 4) is 5.75 Å². The van der Waals surface area contributed by atoms with Gasteiger partial charge < -0.3 is 19.1 Å².